The van der Waals surface area contributed by atoms with Crippen molar-refractivity contribution in [2.24, 2.45) is 21.5 Å². The fourth-order valence-corrected chi connectivity index (χ4v) is 5.69. The topological polar surface area (TPSA) is 117 Å². The number of benzene rings is 1. The molecule has 1 aromatic rings. The molecule has 2 fully saturated rings. The predicted molar refractivity (Wildman–Crippen MR) is 112 cm³/mol. The summed E-state index contributed by atoms with van der Waals surface area (Å²) in [5, 5.41) is 0. The van der Waals surface area contributed by atoms with Crippen LogP contribution in [0.15, 0.2) is 34.3 Å². The molecule has 0 atom stereocenters. The number of rotatable bonds is 3. The normalized spacial score (nSPS) is 24.6. The van der Waals surface area contributed by atoms with Crippen LogP contribution in [0.1, 0.15) is 37.7 Å². The van der Waals surface area contributed by atoms with Gasteiger partial charge >= 0.3 is 0 Å². The van der Waals surface area contributed by atoms with E-state index in [0.29, 0.717) is 19.0 Å². The highest BCUT2D eigenvalue weighted by Crippen LogP contribution is 2.39. The van der Waals surface area contributed by atoms with E-state index in [1.165, 1.54) is 6.42 Å². The van der Waals surface area contributed by atoms with E-state index < -0.39 is 15.5 Å². The SMILES string of the molecule is NC1=NC2(CCCCC2)N(c2ccc(CN3CCS(=O)(=O)CC3)cc2)C(N)=N1. The number of nitrogens with zero attached hydrogens (tertiary/aromatic N) is 4. The molecule has 4 rings (SSSR count). The fraction of sp³-hybridized carbons (Fsp3) is 0.579. The molecule has 8 nitrogen and oxygen atoms in total. The monoisotopic (exact) mass is 404 g/mol. The van der Waals surface area contributed by atoms with Crippen molar-refractivity contribution in [1.82, 2.24) is 4.90 Å². The van der Waals surface area contributed by atoms with Gasteiger partial charge in [0.05, 0.1) is 11.5 Å². The van der Waals surface area contributed by atoms with E-state index in [1.54, 1.807) is 0 Å². The summed E-state index contributed by atoms with van der Waals surface area (Å²) < 4.78 is 23.2. The Morgan fingerprint density at radius 1 is 1.00 bits per heavy atom. The van der Waals surface area contributed by atoms with Gasteiger partial charge in [0.25, 0.3) is 0 Å². The third-order valence-corrected chi connectivity index (χ3v) is 7.50. The summed E-state index contributed by atoms with van der Waals surface area (Å²) in [4.78, 5) is 13.1. The van der Waals surface area contributed by atoms with Crippen LogP contribution in [0.4, 0.5) is 5.69 Å². The lowest BCUT2D eigenvalue weighted by atomic mass is 9.87. The standard InChI is InChI=1S/C19H28N6O2S/c20-17-22-18(21)25(19(23-17)8-2-1-3-9-19)16-6-4-15(5-7-16)14-24-10-12-28(26,27)13-11-24/h4-7H,1-3,8-14H2,(H4,20,21,22,23). The zero-order chi connectivity index (χ0) is 19.8. The Bertz CT molecular complexity index is 874. The predicted octanol–water partition coefficient (Wildman–Crippen LogP) is 1.03. The molecule has 2 heterocycles. The molecule has 2 aliphatic heterocycles. The average molecular weight is 405 g/mol. The second-order valence-electron chi connectivity index (χ2n) is 7.91. The van der Waals surface area contributed by atoms with E-state index >= 15 is 0 Å². The first-order chi connectivity index (χ1) is 13.4. The summed E-state index contributed by atoms with van der Waals surface area (Å²) in [5.74, 6) is 1.14. The number of hydrogen-bond donors (Lipinski definition) is 2. The van der Waals surface area contributed by atoms with Gasteiger partial charge in [-0.05, 0) is 43.4 Å². The van der Waals surface area contributed by atoms with Gasteiger partial charge < -0.3 is 11.5 Å². The summed E-state index contributed by atoms with van der Waals surface area (Å²) in [7, 11) is -2.85. The minimum atomic E-state index is -2.85. The van der Waals surface area contributed by atoms with Crippen molar-refractivity contribution in [3.8, 4) is 0 Å². The van der Waals surface area contributed by atoms with Gasteiger partial charge in [-0.2, -0.15) is 4.99 Å². The lowest BCUT2D eigenvalue weighted by Crippen LogP contribution is -2.58. The zero-order valence-corrected chi connectivity index (χ0v) is 16.9. The Morgan fingerprint density at radius 2 is 1.64 bits per heavy atom. The second kappa shape index (κ2) is 7.36. The van der Waals surface area contributed by atoms with Gasteiger partial charge in [0.1, 0.15) is 5.66 Å². The van der Waals surface area contributed by atoms with Gasteiger partial charge in [-0.3, -0.25) is 9.80 Å². The van der Waals surface area contributed by atoms with Gasteiger partial charge in [0.2, 0.25) is 11.9 Å². The van der Waals surface area contributed by atoms with E-state index in [-0.39, 0.29) is 17.5 Å². The van der Waals surface area contributed by atoms with Crippen LogP contribution in [0.25, 0.3) is 0 Å². The van der Waals surface area contributed by atoms with Crippen molar-refractivity contribution in [2.75, 3.05) is 29.5 Å². The van der Waals surface area contributed by atoms with Gasteiger partial charge in [-0.25, -0.2) is 13.4 Å². The smallest absolute Gasteiger partial charge is 0.220 e. The molecule has 1 aliphatic carbocycles. The van der Waals surface area contributed by atoms with Crippen molar-refractivity contribution < 1.29 is 8.42 Å². The van der Waals surface area contributed by atoms with E-state index in [0.717, 1.165) is 43.5 Å². The molecular formula is C19H28N6O2S. The molecular weight excluding hydrogens is 376 g/mol. The van der Waals surface area contributed by atoms with Crippen LogP contribution < -0.4 is 16.4 Å². The molecule has 0 bridgehead atoms. The lowest BCUT2D eigenvalue weighted by molar-refractivity contribution is 0.287. The summed E-state index contributed by atoms with van der Waals surface area (Å²) in [6, 6.07) is 8.24. The maximum atomic E-state index is 11.6. The first-order valence-electron chi connectivity index (χ1n) is 9.88. The second-order valence-corrected chi connectivity index (χ2v) is 10.2. The van der Waals surface area contributed by atoms with Crippen LogP contribution in [0, 0.1) is 0 Å². The van der Waals surface area contributed by atoms with E-state index in [4.69, 9.17) is 16.5 Å². The Balaban J connectivity index is 1.52. The number of guanidine groups is 2. The van der Waals surface area contributed by atoms with Crippen molar-refractivity contribution in [3.05, 3.63) is 29.8 Å². The van der Waals surface area contributed by atoms with Crippen molar-refractivity contribution in [1.29, 1.82) is 0 Å². The highest BCUT2D eigenvalue weighted by molar-refractivity contribution is 7.91. The van der Waals surface area contributed by atoms with Crippen LogP contribution in [0.5, 0.6) is 0 Å². The molecule has 1 spiro atoms. The van der Waals surface area contributed by atoms with Gasteiger partial charge in [0.15, 0.2) is 9.84 Å². The lowest BCUT2D eigenvalue weighted by Gasteiger charge is -2.45. The highest BCUT2D eigenvalue weighted by Gasteiger charge is 2.42. The largest absolute Gasteiger partial charge is 0.369 e. The number of anilines is 1. The molecule has 0 radical (unpaired) electrons. The molecule has 0 unspecified atom stereocenters. The number of nitrogens with two attached hydrogens (primary N) is 2. The van der Waals surface area contributed by atoms with Gasteiger partial charge in [-0.1, -0.05) is 18.6 Å². The van der Waals surface area contributed by atoms with Crippen LogP contribution in [0.2, 0.25) is 0 Å². The molecule has 0 amide bonds. The molecule has 0 aromatic heterocycles. The van der Waals surface area contributed by atoms with Crippen molar-refractivity contribution in [3.63, 3.8) is 0 Å². The van der Waals surface area contributed by atoms with Crippen molar-refractivity contribution >= 4 is 27.4 Å². The first kappa shape index (κ1) is 19.2. The van der Waals surface area contributed by atoms with E-state index in [1.807, 2.05) is 17.0 Å². The quantitative estimate of drug-likeness (QED) is 0.777. The van der Waals surface area contributed by atoms with Crippen LogP contribution in [0.3, 0.4) is 0 Å². The molecule has 1 saturated carbocycles. The van der Waals surface area contributed by atoms with Crippen LogP contribution in [-0.2, 0) is 16.4 Å². The fourth-order valence-electron chi connectivity index (χ4n) is 4.41. The number of hydrogen-bond acceptors (Lipinski definition) is 8. The minimum absolute atomic E-state index is 0.244. The Kier molecular flexibility index (Phi) is 5.05. The molecule has 4 N–H and O–H groups in total. The molecule has 9 heteroatoms. The van der Waals surface area contributed by atoms with Gasteiger partial charge in [0, 0.05) is 25.3 Å². The van der Waals surface area contributed by atoms with Crippen LogP contribution >= 0.6 is 0 Å². The third-order valence-electron chi connectivity index (χ3n) is 5.89. The Labute approximate surface area is 166 Å². The molecule has 28 heavy (non-hydrogen) atoms. The average Bonchev–Trinajstić information content (AvgIpc) is 2.65. The molecule has 3 aliphatic rings. The molecule has 1 saturated heterocycles. The van der Waals surface area contributed by atoms with E-state index in [2.05, 4.69) is 22.0 Å². The summed E-state index contributed by atoms with van der Waals surface area (Å²) in [5.41, 5.74) is 13.9. The summed E-state index contributed by atoms with van der Waals surface area (Å²) in [6.07, 6.45) is 5.21. The van der Waals surface area contributed by atoms with Gasteiger partial charge in [-0.15, -0.1) is 0 Å². The van der Waals surface area contributed by atoms with Crippen molar-refractivity contribution in [2.45, 2.75) is 44.3 Å². The maximum absolute atomic E-state index is 11.6. The summed E-state index contributed by atoms with van der Waals surface area (Å²) in [6.45, 7) is 1.93. The number of sulfone groups is 1. The first-order valence-corrected chi connectivity index (χ1v) is 11.7. The van der Waals surface area contributed by atoms with Crippen LogP contribution in [-0.4, -0.2) is 55.5 Å². The maximum Gasteiger partial charge on any atom is 0.220 e. The Morgan fingerprint density at radius 3 is 2.29 bits per heavy atom. The summed E-state index contributed by atoms with van der Waals surface area (Å²) >= 11 is 0. The minimum Gasteiger partial charge on any atom is -0.369 e. The zero-order valence-electron chi connectivity index (χ0n) is 16.0. The highest BCUT2D eigenvalue weighted by atomic mass is 32.2. The molecule has 152 valence electrons. The molecule has 1 aromatic carbocycles. The number of aliphatic imine (C=N–C) groups is 2. The third kappa shape index (κ3) is 3.86. The Hall–Kier alpha value is -2.13. The van der Waals surface area contributed by atoms with E-state index in [9.17, 15) is 8.42 Å².